The van der Waals surface area contributed by atoms with Crippen LogP contribution in [0, 0.1) is 6.92 Å². The second-order valence-electron chi connectivity index (χ2n) is 3.71. The third-order valence-electron chi connectivity index (χ3n) is 2.59. The van der Waals surface area contributed by atoms with Gasteiger partial charge in [0.15, 0.2) is 0 Å². The number of carbonyl (C=O) groups excluding carboxylic acids is 2. The standard InChI is InChI=1S/C13H17NO2.CH4/c1-3-13(16)14-8-7-12-10(2)5-4-6-11(12)9-15;/h4-6,9H,3,7-8H2,1-2H3,(H,14,16);1H4. The molecule has 0 aliphatic carbocycles. The Balaban J connectivity index is 0.00000256. The minimum absolute atomic E-state index is 0. The van der Waals surface area contributed by atoms with Gasteiger partial charge < -0.3 is 5.32 Å². The van der Waals surface area contributed by atoms with Crippen LogP contribution in [-0.4, -0.2) is 18.7 Å². The highest BCUT2D eigenvalue weighted by molar-refractivity contribution is 5.78. The van der Waals surface area contributed by atoms with E-state index in [9.17, 15) is 9.59 Å². The number of hydrogen-bond acceptors (Lipinski definition) is 2. The number of hydrogen-bond donors (Lipinski definition) is 1. The summed E-state index contributed by atoms with van der Waals surface area (Å²) in [5.41, 5.74) is 2.83. The van der Waals surface area contributed by atoms with Gasteiger partial charge in [-0.15, -0.1) is 0 Å². The van der Waals surface area contributed by atoms with Crippen LogP contribution in [0.2, 0.25) is 0 Å². The van der Waals surface area contributed by atoms with Crippen molar-refractivity contribution in [2.75, 3.05) is 6.54 Å². The molecule has 3 nitrogen and oxygen atoms in total. The van der Waals surface area contributed by atoms with E-state index in [2.05, 4.69) is 5.32 Å². The van der Waals surface area contributed by atoms with Crippen molar-refractivity contribution >= 4 is 12.2 Å². The first kappa shape index (κ1) is 15.4. The average Bonchev–Trinajstić information content (AvgIpc) is 2.30. The molecule has 1 aromatic carbocycles. The highest BCUT2D eigenvalue weighted by Crippen LogP contribution is 2.12. The molecule has 0 heterocycles. The zero-order chi connectivity index (χ0) is 12.0. The van der Waals surface area contributed by atoms with Gasteiger partial charge in [-0.2, -0.15) is 0 Å². The predicted octanol–water partition coefficient (Wildman–Crippen LogP) is 2.51. The third-order valence-corrected chi connectivity index (χ3v) is 2.59. The Hall–Kier alpha value is -1.64. The maximum atomic E-state index is 11.1. The van der Waals surface area contributed by atoms with Gasteiger partial charge in [0.1, 0.15) is 6.29 Å². The molecule has 17 heavy (non-hydrogen) atoms. The van der Waals surface area contributed by atoms with E-state index in [0.29, 0.717) is 24.9 Å². The molecule has 1 aromatic rings. The Bertz CT molecular complexity index is 386. The van der Waals surface area contributed by atoms with E-state index < -0.39 is 0 Å². The average molecular weight is 235 g/mol. The molecule has 0 aliphatic heterocycles. The molecule has 0 bridgehead atoms. The van der Waals surface area contributed by atoms with Crippen LogP contribution in [0.5, 0.6) is 0 Å². The smallest absolute Gasteiger partial charge is 0.219 e. The van der Waals surface area contributed by atoms with E-state index in [-0.39, 0.29) is 13.3 Å². The first-order valence-electron chi connectivity index (χ1n) is 5.49. The number of carbonyl (C=O) groups is 2. The van der Waals surface area contributed by atoms with E-state index in [1.165, 1.54) is 0 Å². The Kier molecular flexibility index (Phi) is 6.87. The van der Waals surface area contributed by atoms with Crippen molar-refractivity contribution in [2.45, 2.75) is 34.1 Å². The van der Waals surface area contributed by atoms with Crippen molar-refractivity contribution in [1.29, 1.82) is 0 Å². The van der Waals surface area contributed by atoms with Crippen molar-refractivity contribution in [3.8, 4) is 0 Å². The van der Waals surface area contributed by atoms with Gasteiger partial charge in [-0.3, -0.25) is 9.59 Å². The molecule has 0 aliphatic rings. The van der Waals surface area contributed by atoms with Crippen LogP contribution < -0.4 is 5.32 Å². The highest BCUT2D eigenvalue weighted by atomic mass is 16.1. The fraction of sp³-hybridized carbons (Fsp3) is 0.429. The van der Waals surface area contributed by atoms with Crippen LogP contribution in [-0.2, 0) is 11.2 Å². The SMILES string of the molecule is C.CCC(=O)NCCc1c(C)cccc1C=O. The molecule has 0 spiro atoms. The lowest BCUT2D eigenvalue weighted by Gasteiger charge is -2.09. The second-order valence-corrected chi connectivity index (χ2v) is 3.71. The van der Waals surface area contributed by atoms with Gasteiger partial charge >= 0.3 is 0 Å². The van der Waals surface area contributed by atoms with Gasteiger partial charge in [0.2, 0.25) is 5.91 Å². The molecule has 1 amide bonds. The summed E-state index contributed by atoms with van der Waals surface area (Å²) < 4.78 is 0. The normalized spacial score (nSPS) is 9.29. The number of benzene rings is 1. The van der Waals surface area contributed by atoms with Crippen molar-refractivity contribution in [2.24, 2.45) is 0 Å². The molecule has 0 unspecified atom stereocenters. The molecule has 0 atom stereocenters. The molecule has 0 saturated heterocycles. The van der Waals surface area contributed by atoms with E-state index in [4.69, 9.17) is 0 Å². The summed E-state index contributed by atoms with van der Waals surface area (Å²) in [4.78, 5) is 21.9. The van der Waals surface area contributed by atoms with Crippen molar-refractivity contribution < 1.29 is 9.59 Å². The summed E-state index contributed by atoms with van der Waals surface area (Å²) in [7, 11) is 0. The molecular formula is C14H21NO2. The lowest BCUT2D eigenvalue weighted by Crippen LogP contribution is -2.25. The predicted molar refractivity (Wildman–Crippen MR) is 70.3 cm³/mol. The van der Waals surface area contributed by atoms with Gasteiger partial charge in [-0.05, 0) is 24.5 Å². The van der Waals surface area contributed by atoms with Crippen LogP contribution in [0.1, 0.15) is 42.3 Å². The van der Waals surface area contributed by atoms with Crippen LogP contribution >= 0.6 is 0 Å². The molecular weight excluding hydrogens is 214 g/mol. The summed E-state index contributed by atoms with van der Waals surface area (Å²) in [5, 5.41) is 2.80. The summed E-state index contributed by atoms with van der Waals surface area (Å²) in [6, 6.07) is 5.65. The first-order chi connectivity index (χ1) is 7.69. The minimum Gasteiger partial charge on any atom is -0.356 e. The van der Waals surface area contributed by atoms with Gasteiger partial charge in [-0.25, -0.2) is 0 Å². The Morgan fingerprint density at radius 3 is 2.71 bits per heavy atom. The zero-order valence-electron chi connectivity index (χ0n) is 9.75. The van der Waals surface area contributed by atoms with Gasteiger partial charge in [0, 0.05) is 18.5 Å². The number of nitrogens with one attached hydrogen (secondary N) is 1. The third kappa shape index (κ3) is 4.39. The monoisotopic (exact) mass is 235 g/mol. The fourth-order valence-corrected chi connectivity index (χ4v) is 1.63. The van der Waals surface area contributed by atoms with Crippen molar-refractivity contribution in [1.82, 2.24) is 5.32 Å². The Morgan fingerprint density at radius 1 is 1.41 bits per heavy atom. The molecule has 3 heteroatoms. The quantitative estimate of drug-likeness (QED) is 0.797. The molecule has 0 aromatic heterocycles. The Morgan fingerprint density at radius 2 is 2.12 bits per heavy atom. The van der Waals surface area contributed by atoms with Crippen LogP contribution in [0.3, 0.4) is 0 Å². The molecule has 1 rings (SSSR count). The lowest BCUT2D eigenvalue weighted by molar-refractivity contribution is -0.120. The zero-order valence-corrected chi connectivity index (χ0v) is 9.75. The van der Waals surface area contributed by atoms with E-state index in [1.54, 1.807) is 6.07 Å². The van der Waals surface area contributed by atoms with Crippen LogP contribution in [0.25, 0.3) is 0 Å². The summed E-state index contributed by atoms with van der Waals surface area (Å²) >= 11 is 0. The van der Waals surface area contributed by atoms with E-state index >= 15 is 0 Å². The van der Waals surface area contributed by atoms with E-state index in [1.807, 2.05) is 26.0 Å². The molecule has 94 valence electrons. The first-order valence-corrected chi connectivity index (χ1v) is 5.49. The molecule has 0 radical (unpaired) electrons. The highest BCUT2D eigenvalue weighted by Gasteiger charge is 2.05. The molecule has 0 fully saturated rings. The number of amides is 1. The lowest BCUT2D eigenvalue weighted by atomic mass is 10.00. The topological polar surface area (TPSA) is 46.2 Å². The van der Waals surface area contributed by atoms with E-state index in [0.717, 1.165) is 17.4 Å². The maximum absolute atomic E-state index is 11.1. The second kappa shape index (κ2) is 7.60. The van der Waals surface area contributed by atoms with Gasteiger partial charge in [0.05, 0.1) is 0 Å². The minimum atomic E-state index is 0. The summed E-state index contributed by atoms with van der Waals surface area (Å²) in [6.45, 7) is 4.38. The summed E-state index contributed by atoms with van der Waals surface area (Å²) in [5.74, 6) is 0.0428. The van der Waals surface area contributed by atoms with Crippen LogP contribution in [0.4, 0.5) is 0 Å². The van der Waals surface area contributed by atoms with Gasteiger partial charge in [-0.1, -0.05) is 32.5 Å². The molecule has 0 saturated carbocycles. The van der Waals surface area contributed by atoms with Gasteiger partial charge in [0.25, 0.3) is 0 Å². The largest absolute Gasteiger partial charge is 0.356 e. The van der Waals surface area contributed by atoms with Crippen molar-refractivity contribution in [3.63, 3.8) is 0 Å². The number of aldehydes is 1. The Labute approximate surface area is 103 Å². The summed E-state index contributed by atoms with van der Waals surface area (Å²) in [6.07, 6.45) is 2.06. The van der Waals surface area contributed by atoms with Crippen LogP contribution in [0.15, 0.2) is 18.2 Å². The number of aryl methyl sites for hydroxylation is 1. The maximum Gasteiger partial charge on any atom is 0.219 e. The molecule has 1 N–H and O–H groups in total. The fourth-order valence-electron chi connectivity index (χ4n) is 1.63. The van der Waals surface area contributed by atoms with Crippen molar-refractivity contribution in [3.05, 3.63) is 34.9 Å². The number of rotatable bonds is 5.